The van der Waals surface area contributed by atoms with Crippen molar-refractivity contribution in [3.8, 4) is 0 Å². The highest BCUT2D eigenvalue weighted by Gasteiger charge is 2.30. The number of aromatic nitrogens is 2. The Bertz CT molecular complexity index is 669. The van der Waals surface area contributed by atoms with Gasteiger partial charge >= 0.3 is 0 Å². The fourth-order valence-electron chi connectivity index (χ4n) is 3.05. The molecular formula is C18H21N3O. The Hall–Kier alpha value is -2.23. The molecule has 1 saturated heterocycles. The van der Waals surface area contributed by atoms with Gasteiger partial charge in [-0.1, -0.05) is 25.1 Å². The predicted octanol–water partition coefficient (Wildman–Crippen LogP) is 2.94. The first-order chi connectivity index (χ1) is 10.7. The van der Waals surface area contributed by atoms with E-state index in [0.717, 1.165) is 42.3 Å². The molecule has 1 fully saturated rings. The number of para-hydroxylation sites is 1. The van der Waals surface area contributed by atoms with Crippen LogP contribution in [0.1, 0.15) is 30.6 Å². The molecule has 1 aliphatic heterocycles. The maximum absolute atomic E-state index is 12.3. The van der Waals surface area contributed by atoms with E-state index in [9.17, 15) is 4.79 Å². The molecule has 0 unspecified atom stereocenters. The van der Waals surface area contributed by atoms with Crippen molar-refractivity contribution >= 4 is 11.6 Å². The summed E-state index contributed by atoms with van der Waals surface area (Å²) in [6, 6.07) is 12.0. The van der Waals surface area contributed by atoms with E-state index in [-0.39, 0.29) is 5.91 Å². The molecule has 0 aliphatic carbocycles. The van der Waals surface area contributed by atoms with E-state index >= 15 is 0 Å². The number of anilines is 1. The van der Waals surface area contributed by atoms with Crippen molar-refractivity contribution in [3.63, 3.8) is 0 Å². The third kappa shape index (κ3) is 3.16. The number of aryl methyl sites for hydroxylation is 2. The van der Waals surface area contributed by atoms with Gasteiger partial charge in [-0.2, -0.15) is 0 Å². The minimum absolute atomic E-state index is 0.206. The van der Waals surface area contributed by atoms with Gasteiger partial charge in [-0.15, -0.1) is 0 Å². The maximum Gasteiger partial charge on any atom is 0.227 e. The van der Waals surface area contributed by atoms with Crippen molar-refractivity contribution in [1.29, 1.82) is 0 Å². The van der Waals surface area contributed by atoms with Crippen molar-refractivity contribution in [2.75, 3.05) is 11.4 Å². The molecule has 1 amide bonds. The lowest BCUT2D eigenvalue weighted by molar-refractivity contribution is -0.117. The van der Waals surface area contributed by atoms with E-state index in [2.05, 4.69) is 23.0 Å². The average molecular weight is 295 g/mol. The maximum atomic E-state index is 12.3. The van der Waals surface area contributed by atoms with Gasteiger partial charge in [0.05, 0.1) is 0 Å². The highest BCUT2D eigenvalue weighted by atomic mass is 16.2. The lowest BCUT2D eigenvalue weighted by atomic mass is 10.0. The smallest absolute Gasteiger partial charge is 0.227 e. The first kappa shape index (κ1) is 14.7. The summed E-state index contributed by atoms with van der Waals surface area (Å²) in [5, 5.41) is 0. The molecule has 22 heavy (non-hydrogen) atoms. The summed E-state index contributed by atoms with van der Waals surface area (Å²) in [5.41, 5.74) is 3.12. The fourth-order valence-corrected chi connectivity index (χ4v) is 3.05. The third-order valence-electron chi connectivity index (χ3n) is 4.08. The summed E-state index contributed by atoms with van der Waals surface area (Å²) in [6.45, 7) is 4.80. The summed E-state index contributed by atoms with van der Waals surface area (Å²) in [6.07, 6.45) is 2.35. The number of rotatable bonds is 4. The molecule has 0 saturated carbocycles. The molecule has 114 valence electrons. The topological polar surface area (TPSA) is 46.1 Å². The van der Waals surface area contributed by atoms with Crippen LogP contribution < -0.4 is 4.90 Å². The molecule has 1 atom stereocenters. The van der Waals surface area contributed by atoms with Crippen molar-refractivity contribution in [1.82, 2.24) is 9.97 Å². The fraction of sp³-hybridized carbons (Fsp3) is 0.389. The number of carbonyl (C=O) groups excluding carboxylic acids is 1. The number of hydrogen-bond donors (Lipinski definition) is 0. The first-order valence-electron chi connectivity index (χ1n) is 7.84. The normalized spacial score (nSPS) is 18.0. The van der Waals surface area contributed by atoms with Crippen LogP contribution >= 0.6 is 0 Å². The lowest BCUT2D eigenvalue weighted by Crippen LogP contribution is -2.24. The van der Waals surface area contributed by atoms with Crippen LogP contribution in [-0.4, -0.2) is 22.4 Å². The molecule has 4 heteroatoms. The average Bonchev–Trinajstić information content (AvgIpc) is 2.88. The van der Waals surface area contributed by atoms with E-state index in [1.54, 1.807) is 0 Å². The van der Waals surface area contributed by atoms with E-state index in [0.29, 0.717) is 12.3 Å². The first-order valence-corrected chi connectivity index (χ1v) is 7.84. The van der Waals surface area contributed by atoms with Crippen LogP contribution in [0.5, 0.6) is 0 Å². The second-order valence-electron chi connectivity index (χ2n) is 5.87. The highest BCUT2D eigenvalue weighted by Crippen LogP contribution is 2.26. The molecule has 1 aromatic heterocycles. The summed E-state index contributed by atoms with van der Waals surface area (Å²) in [5.74, 6) is 1.35. The molecular weight excluding hydrogens is 274 g/mol. The van der Waals surface area contributed by atoms with Gasteiger partial charge in [0.1, 0.15) is 5.82 Å². The quantitative estimate of drug-likeness (QED) is 0.871. The zero-order chi connectivity index (χ0) is 15.5. The van der Waals surface area contributed by atoms with E-state index < -0.39 is 0 Å². The molecule has 0 radical (unpaired) electrons. The molecule has 0 bridgehead atoms. The number of benzene rings is 1. The van der Waals surface area contributed by atoms with Gasteiger partial charge in [-0.3, -0.25) is 4.79 Å². The van der Waals surface area contributed by atoms with Gasteiger partial charge in [-0.05, 0) is 43.9 Å². The molecule has 1 aromatic carbocycles. The summed E-state index contributed by atoms with van der Waals surface area (Å²) in [7, 11) is 0. The van der Waals surface area contributed by atoms with Crippen molar-refractivity contribution in [2.24, 2.45) is 5.92 Å². The Morgan fingerprint density at radius 2 is 1.91 bits per heavy atom. The van der Waals surface area contributed by atoms with Crippen LogP contribution in [0.25, 0.3) is 0 Å². The largest absolute Gasteiger partial charge is 0.312 e. The van der Waals surface area contributed by atoms with Gasteiger partial charge < -0.3 is 4.90 Å². The summed E-state index contributed by atoms with van der Waals surface area (Å²) >= 11 is 0. The van der Waals surface area contributed by atoms with Gasteiger partial charge in [-0.25, -0.2) is 9.97 Å². The zero-order valence-electron chi connectivity index (χ0n) is 13.1. The monoisotopic (exact) mass is 295 g/mol. The minimum atomic E-state index is 0.206. The van der Waals surface area contributed by atoms with Gasteiger partial charge in [0.15, 0.2) is 0 Å². The summed E-state index contributed by atoms with van der Waals surface area (Å²) in [4.78, 5) is 23.1. The number of carbonyl (C=O) groups is 1. The SMILES string of the molecule is CCc1cc(C[C@H]2CC(=O)N(c3ccccc3)C2)nc(C)n1. The van der Waals surface area contributed by atoms with E-state index in [1.165, 1.54) is 0 Å². The van der Waals surface area contributed by atoms with Crippen LogP contribution in [0, 0.1) is 12.8 Å². The van der Waals surface area contributed by atoms with Crippen LogP contribution in [0.4, 0.5) is 5.69 Å². The molecule has 2 heterocycles. The minimum Gasteiger partial charge on any atom is -0.312 e. The number of hydrogen-bond acceptors (Lipinski definition) is 3. The number of amides is 1. The molecule has 2 aromatic rings. The molecule has 0 spiro atoms. The van der Waals surface area contributed by atoms with Crippen molar-refractivity contribution in [3.05, 3.63) is 53.6 Å². The Morgan fingerprint density at radius 3 is 2.64 bits per heavy atom. The molecule has 4 nitrogen and oxygen atoms in total. The molecule has 0 N–H and O–H groups in total. The van der Waals surface area contributed by atoms with Gasteiger partial charge in [0, 0.05) is 30.0 Å². The van der Waals surface area contributed by atoms with Crippen LogP contribution in [0.15, 0.2) is 36.4 Å². The van der Waals surface area contributed by atoms with Crippen LogP contribution in [0.3, 0.4) is 0 Å². The Morgan fingerprint density at radius 1 is 1.18 bits per heavy atom. The van der Waals surface area contributed by atoms with Crippen LogP contribution in [0.2, 0.25) is 0 Å². The Labute approximate surface area is 131 Å². The van der Waals surface area contributed by atoms with Crippen LogP contribution in [-0.2, 0) is 17.6 Å². The van der Waals surface area contributed by atoms with Gasteiger partial charge in [0.2, 0.25) is 5.91 Å². The Balaban J connectivity index is 1.73. The molecule has 1 aliphatic rings. The lowest BCUT2D eigenvalue weighted by Gasteiger charge is -2.16. The zero-order valence-corrected chi connectivity index (χ0v) is 13.1. The standard InChI is InChI=1S/C18H21N3O/c1-3-15-11-16(20-13(2)19-15)9-14-10-18(22)21(12-14)17-7-5-4-6-8-17/h4-8,11,14H,3,9-10,12H2,1-2H3/t14-/m0/s1. The Kier molecular flexibility index (Phi) is 4.18. The highest BCUT2D eigenvalue weighted by molar-refractivity contribution is 5.95. The van der Waals surface area contributed by atoms with Crippen molar-refractivity contribution < 1.29 is 4.79 Å². The number of nitrogens with zero attached hydrogens (tertiary/aromatic N) is 3. The van der Waals surface area contributed by atoms with E-state index in [4.69, 9.17) is 0 Å². The van der Waals surface area contributed by atoms with Crippen molar-refractivity contribution in [2.45, 2.75) is 33.1 Å². The summed E-state index contributed by atoms with van der Waals surface area (Å²) < 4.78 is 0. The third-order valence-corrected chi connectivity index (χ3v) is 4.08. The van der Waals surface area contributed by atoms with E-state index in [1.807, 2.05) is 42.2 Å². The predicted molar refractivity (Wildman–Crippen MR) is 86.8 cm³/mol. The second kappa shape index (κ2) is 6.26. The van der Waals surface area contributed by atoms with Gasteiger partial charge in [0.25, 0.3) is 0 Å². The second-order valence-corrected chi connectivity index (χ2v) is 5.87. The molecule has 3 rings (SSSR count).